The highest BCUT2D eigenvalue weighted by Crippen LogP contribution is 2.28. The van der Waals surface area contributed by atoms with E-state index in [1.165, 1.54) is 26.0 Å². The Kier molecular flexibility index (Phi) is 10.6. The van der Waals surface area contributed by atoms with Gasteiger partial charge in [-0.25, -0.2) is 0 Å². The topological polar surface area (TPSA) is 64.1 Å². The number of hydrogen-bond donors (Lipinski definition) is 2. The summed E-state index contributed by atoms with van der Waals surface area (Å²) in [6.45, 7) is -0.595. The lowest BCUT2D eigenvalue weighted by atomic mass is 10.2. The largest absolute Gasteiger partial charge is 0.497 e. The fraction of sp³-hybridized carbons (Fsp3) is 0.588. The molecule has 1 aromatic rings. The maximum Gasteiger partial charge on any atom is 0.387 e. The molecule has 0 unspecified atom stereocenters. The Bertz CT molecular complexity index is 572. The second kappa shape index (κ2) is 12.1. The van der Waals surface area contributed by atoms with Crippen LogP contribution in [0, 0.1) is 5.92 Å². The summed E-state index contributed by atoms with van der Waals surface area (Å²) < 4.78 is 40.3. The van der Waals surface area contributed by atoms with Crippen molar-refractivity contribution in [1.29, 1.82) is 0 Å². The molecule has 1 saturated carbocycles. The monoisotopic (exact) mass is 485 g/mol. The zero-order chi connectivity index (χ0) is 18.1. The van der Waals surface area contributed by atoms with Gasteiger partial charge >= 0.3 is 6.61 Å². The van der Waals surface area contributed by atoms with Crippen LogP contribution in [0.2, 0.25) is 0 Å². The van der Waals surface area contributed by atoms with Gasteiger partial charge in [0.15, 0.2) is 5.96 Å². The van der Waals surface area contributed by atoms with E-state index in [1.807, 2.05) is 0 Å². The molecule has 148 valence electrons. The molecule has 26 heavy (non-hydrogen) atoms. The molecule has 0 bridgehead atoms. The van der Waals surface area contributed by atoms with Crippen molar-refractivity contribution in [2.75, 3.05) is 33.9 Å². The summed E-state index contributed by atoms with van der Waals surface area (Å²) in [5, 5.41) is 6.18. The minimum Gasteiger partial charge on any atom is -0.497 e. The predicted octanol–water partition coefficient (Wildman–Crippen LogP) is 3.01. The minimum atomic E-state index is -2.88. The second-order valence-electron chi connectivity index (χ2n) is 5.72. The Hall–Kier alpha value is -1.36. The SMILES string of the molecule is CN=C(NCCOCC1CC1)NCc1cc(OC)ccc1OC(F)F.I. The molecule has 1 aromatic carbocycles. The zero-order valence-corrected chi connectivity index (χ0v) is 17.3. The number of methoxy groups -OCH3 is 1. The number of benzene rings is 1. The van der Waals surface area contributed by atoms with E-state index in [0.29, 0.717) is 30.4 Å². The maximum absolute atomic E-state index is 12.5. The quantitative estimate of drug-likeness (QED) is 0.231. The molecule has 0 radical (unpaired) electrons. The van der Waals surface area contributed by atoms with Crippen molar-refractivity contribution in [3.63, 3.8) is 0 Å². The molecule has 0 heterocycles. The zero-order valence-electron chi connectivity index (χ0n) is 15.0. The van der Waals surface area contributed by atoms with Gasteiger partial charge in [-0.1, -0.05) is 0 Å². The van der Waals surface area contributed by atoms with Gasteiger partial charge < -0.3 is 24.8 Å². The van der Waals surface area contributed by atoms with Crippen LogP contribution in [0.5, 0.6) is 11.5 Å². The number of ether oxygens (including phenoxy) is 3. The van der Waals surface area contributed by atoms with Crippen molar-refractivity contribution < 1.29 is 23.0 Å². The molecular formula is C17H26F2IN3O3. The highest BCUT2D eigenvalue weighted by Gasteiger charge is 2.20. The number of alkyl halides is 2. The first kappa shape index (κ1) is 22.7. The van der Waals surface area contributed by atoms with Gasteiger partial charge in [-0.05, 0) is 37.0 Å². The average Bonchev–Trinajstić information content (AvgIpc) is 3.42. The highest BCUT2D eigenvalue weighted by atomic mass is 127. The Morgan fingerprint density at radius 2 is 2.08 bits per heavy atom. The van der Waals surface area contributed by atoms with Gasteiger partial charge in [0.2, 0.25) is 0 Å². The molecule has 2 N–H and O–H groups in total. The molecule has 0 aliphatic heterocycles. The number of hydrogen-bond acceptors (Lipinski definition) is 4. The lowest BCUT2D eigenvalue weighted by Gasteiger charge is -2.15. The van der Waals surface area contributed by atoms with Crippen LogP contribution >= 0.6 is 24.0 Å². The van der Waals surface area contributed by atoms with Crippen LogP contribution in [0.4, 0.5) is 8.78 Å². The molecule has 1 aliphatic carbocycles. The van der Waals surface area contributed by atoms with Crippen molar-refractivity contribution >= 4 is 29.9 Å². The molecule has 2 rings (SSSR count). The van der Waals surface area contributed by atoms with Gasteiger partial charge in [0.25, 0.3) is 0 Å². The van der Waals surface area contributed by atoms with Crippen molar-refractivity contribution in [3.05, 3.63) is 23.8 Å². The van der Waals surface area contributed by atoms with Gasteiger partial charge in [-0.3, -0.25) is 4.99 Å². The Balaban J connectivity index is 0.00000338. The van der Waals surface area contributed by atoms with Crippen molar-refractivity contribution in [1.82, 2.24) is 10.6 Å². The van der Waals surface area contributed by atoms with E-state index in [0.717, 1.165) is 12.5 Å². The summed E-state index contributed by atoms with van der Waals surface area (Å²) in [6.07, 6.45) is 2.53. The fourth-order valence-corrected chi connectivity index (χ4v) is 2.21. The van der Waals surface area contributed by atoms with Gasteiger partial charge in [-0.15, -0.1) is 24.0 Å². The van der Waals surface area contributed by atoms with Gasteiger partial charge in [0.05, 0.1) is 13.7 Å². The Morgan fingerprint density at radius 3 is 2.69 bits per heavy atom. The molecule has 1 aliphatic rings. The minimum absolute atomic E-state index is 0. The smallest absolute Gasteiger partial charge is 0.387 e. The van der Waals surface area contributed by atoms with Crippen molar-refractivity contribution in [3.8, 4) is 11.5 Å². The first-order chi connectivity index (χ1) is 12.1. The second-order valence-corrected chi connectivity index (χ2v) is 5.72. The summed E-state index contributed by atoms with van der Waals surface area (Å²) in [7, 11) is 3.16. The van der Waals surface area contributed by atoms with Gasteiger partial charge in [0, 0.05) is 32.3 Å². The number of nitrogens with one attached hydrogen (secondary N) is 2. The molecule has 9 heteroatoms. The molecule has 0 saturated heterocycles. The molecule has 0 aromatic heterocycles. The third-order valence-electron chi connectivity index (χ3n) is 3.74. The summed E-state index contributed by atoms with van der Waals surface area (Å²) in [5.41, 5.74) is 0.549. The molecule has 0 atom stereocenters. The normalized spacial score (nSPS) is 14.0. The van der Waals surface area contributed by atoms with Gasteiger partial charge in [0.1, 0.15) is 11.5 Å². The number of aliphatic imine (C=N–C) groups is 1. The number of rotatable bonds is 10. The van der Waals surface area contributed by atoms with E-state index >= 15 is 0 Å². The number of halogens is 3. The summed E-state index contributed by atoms with van der Waals surface area (Å²) in [6, 6.07) is 4.69. The van der Waals surface area contributed by atoms with Crippen LogP contribution in [0.15, 0.2) is 23.2 Å². The first-order valence-electron chi connectivity index (χ1n) is 8.26. The number of nitrogens with zero attached hydrogens (tertiary/aromatic N) is 1. The van der Waals surface area contributed by atoms with Crippen molar-refractivity contribution in [2.45, 2.75) is 26.0 Å². The van der Waals surface area contributed by atoms with Crippen LogP contribution < -0.4 is 20.1 Å². The van der Waals surface area contributed by atoms with E-state index in [-0.39, 0.29) is 36.3 Å². The van der Waals surface area contributed by atoms with Gasteiger partial charge in [-0.2, -0.15) is 8.78 Å². The molecule has 6 nitrogen and oxygen atoms in total. The first-order valence-corrected chi connectivity index (χ1v) is 8.26. The third kappa shape index (κ3) is 8.35. The van der Waals surface area contributed by atoms with Crippen LogP contribution in [0.1, 0.15) is 18.4 Å². The lowest BCUT2D eigenvalue weighted by molar-refractivity contribution is -0.0504. The number of guanidine groups is 1. The maximum atomic E-state index is 12.5. The average molecular weight is 485 g/mol. The fourth-order valence-electron chi connectivity index (χ4n) is 2.21. The Labute approximate surface area is 169 Å². The highest BCUT2D eigenvalue weighted by molar-refractivity contribution is 14.0. The van der Waals surface area contributed by atoms with Crippen LogP contribution in [-0.2, 0) is 11.3 Å². The van der Waals surface area contributed by atoms with E-state index in [1.54, 1.807) is 19.2 Å². The lowest BCUT2D eigenvalue weighted by Crippen LogP contribution is -2.38. The predicted molar refractivity (Wildman–Crippen MR) is 107 cm³/mol. The van der Waals surface area contributed by atoms with E-state index in [9.17, 15) is 8.78 Å². The van der Waals surface area contributed by atoms with Crippen LogP contribution in [0.25, 0.3) is 0 Å². The third-order valence-corrected chi connectivity index (χ3v) is 3.74. The molecule has 0 amide bonds. The van der Waals surface area contributed by atoms with E-state index in [4.69, 9.17) is 9.47 Å². The van der Waals surface area contributed by atoms with Crippen LogP contribution in [-0.4, -0.2) is 46.5 Å². The summed E-state index contributed by atoms with van der Waals surface area (Å²) in [5.74, 6) is 1.96. The summed E-state index contributed by atoms with van der Waals surface area (Å²) in [4.78, 5) is 4.10. The van der Waals surface area contributed by atoms with Crippen LogP contribution in [0.3, 0.4) is 0 Å². The Morgan fingerprint density at radius 1 is 1.31 bits per heavy atom. The van der Waals surface area contributed by atoms with E-state index in [2.05, 4.69) is 20.4 Å². The standard InChI is InChI=1S/C17H25F2N3O3.HI/c1-20-17(21-7-8-24-11-12-3-4-12)22-10-13-9-14(23-2)5-6-15(13)25-16(18)19;/h5-6,9,12,16H,3-4,7-8,10-11H2,1-2H3,(H2,20,21,22);1H. The van der Waals surface area contributed by atoms with E-state index < -0.39 is 6.61 Å². The van der Waals surface area contributed by atoms with Crippen molar-refractivity contribution in [2.24, 2.45) is 10.9 Å². The molecular weight excluding hydrogens is 459 g/mol. The molecule has 1 fully saturated rings. The molecule has 0 spiro atoms. The summed E-state index contributed by atoms with van der Waals surface area (Å²) >= 11 is 0.